The lowest BCUT2D eigenvalue weighted by molar-refractivity contribution is -0.146. The molecule has 14 heavy (non-hydrogen) atoms. The van der Waals surface area contributed by atoms with Gasteiger partial charge < -0.3 is 10.4 Å². The van der Waals surface area contributed by atoms with Gasteiger partial charge in [0.2, 0.25) is 6.41 Å². The third-order valence-electron chi connectivity index (χ3n) is 3.02. The van der Waals surface area contributed by atoms with Gasteiger partial charge in [-0.1, -0.05) is 25.7 Å². The highest BCUT2D eigenvalue weighted by Gasteiger charge is 2.35. The highest BCUT2D eigenvalue weighted by atomic mass is 16.4. The van der Waals surface area contributed by atoms with Crippen molar-refractivity contribution in [2.24, 2.45) is 5.92 Å². The smallest absolute Gasteiger partial charge is 0.329 e. The zero-order chi connectivity index (χ0) is 10.6. The van der Waals surface area contributed by atoms with E-state index in [0.29, 0.717) is 18.7 Å². The molecular weight excluding hydrogens is 182 g/mol. The third kappa shape index (κ3) is 2.47. The quantitative estimate of drug-likeness (QED) is 0.653. The highest BCUT2D eigenvalue weighted by Crippen LogP contribution is 2.31. The lowest BCUT2D eigenvalue weighted by Gasteiger charge is -2.26. The maximum absolute atomic E-state index is 11.0. The summed E-state index contributed by atoms with van der Waals surface area (Å²) >= 11 is 0. The summed E-state index contributed by atoms with van der Waals surface area (Å²) in [6, 6.07) is 0. The average Bonchev–Trinajstić information content (AvgIpc) is 2.56. The summed E-state index contributed by atoms with van der Waals surface area (Å²) < 4.78 is 0. The SMILES string of the molecule is CC(CC1CCCC1)(NC=O)C(=O)O. The average molecular weight is 199 g/mol. The molecule has 80 valence electrons. The van der Waals surface area contributed by atoms with Gasteiger partial charge in [0.05, 0.1) is 0 Å². The Hall–Kier alpha value is -1.06. The van der Waals surface area contributed by atoms with E-state index >= 15 is 0 Å². The molecule has 0 aliphatic heterocycles. The van der Waals surface area contributed by atoms with Crippen LogP contribution in [0.5, 0.6) is 0 Å². The summed E-state index contributed by atoms with van der Waals surface area (Å²) in [5.74, 6) is -0.500. The molecular formula is C10H17NO3. The monoisotopic (exact) mass is 199 g/mol. The highest BCUT2D eigenvalue weighted by molar-refractivity contribution is 5.80. The van der Waals surface area contributed by atoms with Gasteiger partial charge in [-0.05, 0) is 19.3 Å². The molecule has 1 aliphatic rings. The van der Waals surface area contributed by atoms with Crippen LogP contribution in [-0.2, 0) is 9.59 Å². The van der Waals surface area contributed by atoms with Crippen LogP contribution in [0.2, 0.25) is 0 Å². The Balaban J connectivity index is 2.57. The Morgan fingerprint density at radius 3 is 2.57 bits per heavy atom. The number of hydrogen-bond donors (Lipinski definition) is 2. The molecule has 0 spiro atoms. The van der Waals surface area contributed by atoms with Gasteiger partial charge in [0, 0.05) is 0 Å². The van der Waals surface area contributed by atoms with Crippen LogP contribution >= 0.6 is 0 Å². The van der Waals surface area contributed by atoms with Crippen molar-refractivity contribution in [1.82, 2.24) is 5.32 Å². The van der Waals surface area contributed by atoms with E-state index in [-0.39, 0.29) is 0 Å². The molecule has 1 amide bonds. The topological polar surface area (TPSA) is 66.4 Å². The standard InChI is InChI=1S/C10H17NO3/c1-10(9(13)14,11-7-12)6-8-4-2-3-5-8/h7-8H,2-6H2,1H3,(H,11,12)(H,13,14). The Morgan fingerprint density at radius 2 is 2.14 bits per heavy atom. The molecule has 0 saturated heterocycles. The van der Waals surface area contributed by atoms with Crippen LogP contribution < -0.4 is 5.32 Å². The van der Waals surface area contributed by atoms with Gasteiger partial charge in [0.1, 0.15) is 5.54 Å². The van der Waals surface area contributed by atoms with Crippen molar-refractivity contribution in [3.8, 4) is 0 Å². The Morgan fingerprint density at radius 1 is 1.57 bits per heavy atom. The predicted molar refractivity (Wildman–Crippen MR) is 51.8 cm³/mol. The zero-order valence-corrected chi connectivity index (χ0v) is 8.45. The first-order chi connectivity index (χ1) is 6.58. The van der Waals surface area contributed by atoms with Gasteiger partial charge in [-0.15, -0.1) is 0 Å². The van der Waals surface area contributed by atoms with E-state index in [1.54, 1.807) is 6.92 Å². The molecule has 0 aromatic heterocycles. The number of nitrogens with one attached hydrogen (secondary N) is 1. The van der Waals surface area contributed by atoms with Crippen LogP contribution in [-0.4, -0.2) is 23.0 Å². The van der Waals surface area contributed by atoms with Gasteiger partial charge in [-0.2, -0.15) is 0 Å². The molecule has 1 aliphatic carbocycles. The summed E-state index contributed by atoms with van der Waals surface area (Å²) in [5.41, 5.74) is -1.09. The molecule has 0 heterocycles. The number of carbonyl (C=O) groups is 2. The maximum Gasteiger partial charge on any atom is 0.329 e. The number of hydrogen-bond acceptors (Lipinski definition) is 2. The first-order valence-corrected chi connectivity index (χ1v) is 5.03. The van der Waals surface area contributed by atoms with Crippen LogP contribution in [0.25, 0.3) is 0 Å². The van der Waals surface area contributed by atoms with Gasteiger partial charge in [0.15, 0.2) is 0 Å². The van der Waals surface area contributed by atoms with E-state index in [9.17, 15) is 9.59 Å². The van der Waals surface area contributed by atoms with Gasteiger partial charge >= 0.3 is 5.97 Å². The van der Waals surface area contributed by atoms with Crippen molar-refractivity contribution < 1.29 is 14.7 Å². The lowest BCUT2D eigenvalue weighted by Crippen LogP contribution is -2.49. The molecule has 1 saturated carbocycles. The Kier molecular flexibility index (Phi) is 3.49. The van der Waals surface area contributed by atoms with Crippen molar-refractivity contribution in [3.63, 3.8) is 0 Å². The van der Waals surface area contributed by atoms with Gasteiger partial charge in [-0.25, -0.2) is 4.79 Å². The molecule has 1 fully saturated rings. The first kappa shape index (κ1) is 11.0. The molecule has 0 aromatic carbocycles. The number of amides is 1. The van der Waals surface area contributed by atoms with E-state index in [2.05, 4.69) is 5.32 Å². The number of carboxylic acids is 1. The molecule has 4 heteroatoms. The van der Waals surface area contributed by atoms with Crippen LogP contribution in [0.1, 0.15) is 39.0 Å². The van der Waals surface area contributed by atoms with E-state index < -0.39 is 11.5 Å². The number of rotatable bonds is 5. The van der Waals surface area contributed by atoms with E-state index in [1.807, 2.05) is 0 Å². The van der Waals surface area contributed by atoms with Gasteiger partial charge in [-0.3, -0.25) is 4.79 Å². The van der Waals surface area contributed by atoms with Crippen molar-refractivity contribution in [2.45, 2.75) is 44.6 Å². The second kappa shape index (κ2) is 4.44. The van der Waals surface area contributed by atoms with E-state index in [0.717, 1.165) is 12.8 Å². The summed E-state index contributed by atoms with van der Waals surface area (Å²) in [4.78, 5) is 21.3. The number of carboxylic acid groups (broad SMARTS) is 1. The number of aliphatic carboxylic acids is 1. The largest absolute Gasteiger partial charge is 0.480 e. The second-order valence-electron chi connectivity index (χ2n) is 4.25. The second-order valence-corrected chi connectivity index (χ2v) is 4.25. The molecule has 4 nitrogen and oxygen atoms in total. The normalized spacial score (nSPS) is 21.5. The fourth-order valence-corrected chi connectivity index (χ4v) is 2.13. The van der Waals surface area contributed by atoms with E-state index in [1.165, 1.54) is 12.8 Å². The van der Waals surface area contributed by atoms with Crippen LogP contribution in [0.15, 0.2) is 0 Å². The van der Waals surface area contributed by atoms with E-state index in [4.69, 9.17) is 5.11 Å². The van der Waals surface area contributed by atoms with Gasteiger partial charge in [0.25, 0.3) is 0 Å². The fraction of sp³-hybridized carbons (Fsp3) is 0.800. The Bertz CT molecular complexity index is 223. The molecule has 0 bridgehead atoms. The van der Waals surface area contributed by atoms with Crippen molar-refractivity contribution in [3.05, 3.63) is 0 Å². The molecule has 1 rings (SSSR count). The molecule has 2 N–H and O–H groups in total. The van der Waals surface area contributed by atoms with Crippen LogP contribution in [0.3, 0.4) is 0 Å². The summed E-state index contributed by atoms with van der Waals surface area (Å²) in [6.07, 6.45) is 5.56. The van der Waals surface area contributed by atoms with Crippen LogP contribution in [0, 0.1) is 5.92 Å². The third-order valence-corrected chi connectivity index (χ3v) is 3.02. The van der Waals surface area contributed by atoms with Crippen molar-refractivity contribution in [2.75, 3.05) is 0 Å². The first-order valence-electron chi connectivity index (χ1n) is 5.03. The number of carbonyl (C=O) groups excluding carboxylic acids is 1. The minimum absolute atomic E-state index is 0.448. The maximum atomic E-state index is 11.0. The fourth-order valence-electron chi connectivity index (χ4n) is 2.13. The molecule has 0 aromatic rings. The minimum Gasteiger partial charge on any atom is -0.480 e. The minimum atomic E-state index is -1.09. The summed E-state index contributed by atoms with van der Waals surface area (Å²) in [7, 11) is 0. The van der Waals surface area contributed by atoms with Crippen LogP contribution in [0.4, 0.5) is 0 Å². The molecule has 1 atom stereocenters. The molecule has 1 unspecified atom stereocenters. The zero-order valence-electron chi connectivity index (χ0n) is 8.45. The predicted octanol–water partition coefficient (Wildman–Crippen LogP) is 1.16. The molecule has 0 radical (unpaired) electrons. The Labute approximate surface area is 83.7 Å². The van der Waals surface area contributed by atoms with Crippen molar-refractivity contribution >= 4 is 12.4 Å². The summed E-state index contributed by atoms with van der Waals surface area (Å²) in [6.45, 7) is 1.57. The lowest BCUT2D eigenvalue weighted by atomic mass is 9.88. The summed E-state index contributed by atoms with van der Waals surface area (Å²) in [5, 5.41) is 11.4. The van der Waals surface area contributed by atoms with Crippen molar-refractivity contribution in [1.29, 1.82) is 0 Å².